The van der Waals surface area contributed by atoms with Crippen LogP contribution in [0.4, 0.5) is 0 Å². The summed E-state index contributed by atoms with van der Waals surface area (Å²) in [7, 11) is 0. The summed E-state index contributed by atoms with van der Waals surface area (Å²) in [5.74, 6) is 0.583. The van der Waals surface area contributed by atoms with Crippen LogP contribution >= 0.6 is 0 Å². The van der Waals surface area contributed by atoms with Gasteiger partial charge in [-0.3, -0.25) is 4.79 Å². The Morgan fingerprint density at radius 2 is 2.05 bits per heavy atom. The van der Waals surface area contributed by atoms with Crippen molar-refractivity contribution in [2.24, 2.45) is 11.7 Å². The molecular weight excluding hydrogens is 250 g/mol. The second-order valence-corrected chi connectivity index (χ2v) is 5.82. The molecule has 4 nitrogen and oxygen atoms in total. The number of hydrogen-bond acceptors (Lipinski definition) is 3. The molecule has 0 bridgehead atoms. The van der Waals surface area contributed by atoms with Crippen LogP contribution in [0.1, 0.15) is 43.9 Å². The largest absolute Gasteiger partial charge is 0.334 e. The number of hydrogen-bond donors (Lipinski definition) is 1. The predicted octanol–water partition coefficient (Wildman–Crippen LogP) is 2.21. The van der Waals surface area contributed by atoms with Crippen molar-refractivity contribution in [1.82, 2.24) is 4.90 Å². The highest BCUT2D eigenvalue weighted by Crippen LogP contribution is 2.31. The number of nitriles is 1. The fourth-order valence-corrected chi connectivity index (χ4v) is 2.77. The van der Waals surface area contributed by atoms with Crippen LogP contribution in [0.3, 0.4) is 0 Å². The zero-order chi connectivity index (χ0) is 14.7. The average molecular weight is 271 g/mol. The molecule has 2 N–H and O–H groups in total. The summed E-state index contributed by atoms with van der Waals surface area (Å²) >= 11 is 0. The van der Waals surface area contributed by atoms with Crippen LogP contribution < -0.4 is 5.73 Å². The van der Waals surface area contributed by atoms with Gasteiger partial charge in [0.05, 0.1) is 17.7 Å². The van der Waals surface area contributed by atoms with E-state index in [2.05, 4.69) is 19.9 Å². The molecule has 1 heterocycles. The van der Waals surface area contributed by atoms with E-state index in [1.165, 1.54) is 0 Å². The molecular formula is C16H21N3O. The van der Waals surface area contributed by atoms with Crippen molar-refractivity contribution in [3.8, 4) is 6.07 Å². The van der Waals surface area contributed by atoms with Crippen LogP contribution in [0, 0.1) is 17.2 Å². The molecule has 0 aromatic heterocycles. The maximum Gasteiger partial charge on any atom is 0.223 e. The maximum atomic E-state index is 12.2. The van der Waals surface area contributed by atoms with E-state index >= 15 is 0 Å². The standard InChI is InChI=1S/C16H21N3O/c1-11(2)10-19-15(20)8-7-14(18)16(19)13-5-3-12(9-17)4-6-13/h3-6,11,14,16H,7-8,10,18H2,1-2H3. The van der Waals surface area contributed by atoms with Crippen molar-refractivity contribution in [3.05, 3.63) is 35.4 Å². The van der Waals surface area contributed by atoms with Gasteiger partial charge in [0.2, 0.25) is 5.91 Å². The van der Waals surface area contributed by atoms with E-state index in [-0.39, 0.29) is 18.0 Å². The minimum Gasteiger partial charge on any atom is -0.334 e. The van der Waals surface area contributed by atoms with Gasteiger partial charge in [0.1, 0.15) is 0 Å². The van der Waals surface area contributed by atoms with E-state index in [0.29, 0.717) is 17.9 Å². The molecule has 1 fully saturated rings. The number of rotatable bonds is 3. The highest BCUT2D eigenvalue weighted by Gasteiger charge is 2.34. The molecule has 1 aromatic carbocycles. The highest BCUT2D eigenvalue weighted by atomic mass is 16.2. The van der Waals surface area contributed by atoms with Gasteiger partial charge in [-0.1, -0.05) is 26.0 Å². The van der Waals surface area contributed by atoms with Crippen LogP contribution in [-0.2, 0) is 4.79 Å². The summed E-state index contributed by atoms with van der Waals surface area (Å²) in [5.41, 5.74) is 7.89. The fourth-order valence-electron chi connectivity index (χ4n) is 2.77. The number of piperidine rings is 1. The minimum atomic E-state index is -0.0774. The smallest absolute Gasteiger partial charge is 0.223 e. The quantitative estimate of drug-likeness (QED) is 0.916. The zero-order valence-electron chi connectivity index (χ0n) is 12.0. The SMILES string of the molecule is CC(C)CN1C(=O)CCC(N)C1c1ccc(C#N)cc1. The Morgan fingerprint density at radius 1 is 1.40 bits per heavy atom. The molecule has 0 aliphatic carbocycles. The van der Waals surface area contributed by atoms with E-state index in [4.69, 9.17) is 11.0 Å². The molecule has 4 heteroatoms. The normalized spacial score (nSPS) is 22.9. The summed E-state index contributed by atoms with van der Waals surface area (Å²) in [6.07, 6.45) is 1.25. The minimum absolute atomic E-state index is 0.0422. The molecule has 1 aliphatic rings. The van der Waals surface area contributed by atoms with E-state index in [0.717, 1.165) is 18.5 Å². The van der Waals surface area contributed by atoms with E-state index in [9.17, 15) is 4.79 Å². The molecule has 1 saturated heterocycles. The van der Waals surface area contributed by atoms with Crippen LogP contribution in [-0.4, -0.2) is 23.4 Å². The first-order chi connectivity index (χ1) is 9.52. The molecule has 0 radical (unpaired) electrons. The van der Waals surface area contributed by atoms with Gasteiger partial charge >= 0.3 is 0 Å². The first-order valence-electron chi connectivity index (χ1n) is 7.08. The molecule has 20 heavy (non-hydrogen) atoms. The van der Waals surface area contributed by atoms with Crippen LogP contribution in [0.25, 0.3) is 0 Å². The van der Waals surface area contributed by atoms with Crippen molar-refractivity contribution in [3.63, 3.8) is 0 Å². The molecule has 2 rings (SSSR count). The molecule has 0 spiro atoms. The summed E-state index contributed by atoms with van der Waals surface area (Å²) < 4.78 is 0. The predicted molar refractivity (Wildman–Crippen MR) is 77.7 cm³/mol. The monoisotopic (exact) mass is 271 g/mol. The number of nitrogens with two attached hydrogens (primary N) is 1. The molecule has 2 unspecified atom stereocenters. The maximum absolute atomic E-state index is 12.2. The second-order valence-electron chi connectivity index (χ2n) is 5.82. The first kappa shape index (κ1) is 14.5. The number of carbonyl (C=O) groups is 1. The first-order valence-corrected chi connectivity index (χ1v) is 7.08. The van der Waals surface area contributed by atoms with Crippen LogP contribution in [0.5, 0.6) is 0 Å². The Kier molecular flexibility index (Phi) is 4.41. The zero-order valence-corrected chi connectivity index (χ0v) is 12.0. The summed E-state index contributed by atoms with van der Waals surface area (Å²) in [6.45, 7) is 4.92. The Labute approximate surface area is 120 Å². The number of likely N-dealkylation sites (tertiary alicyclic amines) is 1. The van der Waals surface area contributed by atoms with Crippen molar-refractivity contribution in [2.45, 2.75) is 38.8 Å². The summed E-state index contributed by atoms with van der Waals surface area (Å²) in [6, 6.07) is 9.39. The Balaban J connectivity index is 2.31. The molecule has 1 amide bonds. The van der Waals surface area contributed by atoms with Crippen molar-refractivity contribution < 1.29 is 4.79 Å². The number of benzene rings is 1. The van der Waals surface area contributed by atoms with Gasteiger partial charge in [0.25, 0.3) is 0 Å². The van der Waals surface area contributed by atoms with Gasteiger partial charge in [-0.15, -0.1) is 0 Å². The van der Waals surface area contributed by atoms with E-state index < -0.39 is 0 Å². The third kappa shape index (κ3) is 3.00. The van der Waals surface area contributed by atoms with Crippen LogP contribution in [0.2, 0.25) is 0 Å². The van der Waals surface area contributed by atoms with E-state index in [1.54, 1.807) is 12.1 Å². The second kappa shape index (κ2) is 6.06. The third-order valence-corrected chi connectivity index (χ3v) is 3.70. The van der Waals surface area contributed by atoms with Gasteiger partial charge in [0, 0.05) is 19.0 Å². The lowest BCUT2D eigenvalue weighted by molar-refractivity contribution is -0.138. The summed E-state index contributed by atoms with van der Waals surface area (Å²) in [4.78, 5) is 14.1. The molecule has 106 valence electrons. The highest BCUT2D eigenvalue weighted by molar-refractivity contribution is 5.78. The lowest BCUT2D eigenvalue weighted by Gasteiger charge is -2.41. The summed E-state index contributed by atoms with van der Waals surface area (Å²) in [5, 5.41) is 8.86. The van der Waals surface area contributed by atoms with E-state index in [1.807, 2.05) is 17.0 Å². The van der Waals surface area contributed by atoms with Crippen molar-refractivity contribution in [2.75, 3.05) is 6.54 Å². The van der Waals surface area contributed by atoms with Gasteiger partial charge in [-0.25, -0.2) is 0 Å². The molecule has 1 aliphatic heterocycles. The Hall–Kier alpha value is -1.86. The van der Waals surface area contributed by atoms with Gasteiger partial charge < -0.3 is 10.6 Å². The van der Waals surface area contributed by atoms with Gasteiger partial charge in [-0.05, 0) is 30.0 Å². The Bertz CT molecular complexity index is 516. The third-order valence-electron chi connectivity index (χ3n) is 3.70. The fraction of sp³-hybridized carbons (Fsp3) is 0.500. The average Bonchev–Trinajstić information content (AvgIpc) is 2.43. The molecule has 2 atom stereocenters. The van der Waals surface area contributed by atoms with Gasteiger partial charge in [0.15, 0.2) is 0 Å². The lowest BCUT2D eigenvalue weighted by Crippen LogP contribution is -2.49. The molecule has 0 saturated carbocycles. The van der Waals surface area contributed by atoms with Crippen LogP contribution in [0.15, 0.2) is 24.3 Å². The Morgan fingerprint density at radius 3 is 2.60 bits per heavy atom. The van der Waals surface area contributed by atoms with Gasteiger partial charge in [-0.2, -0.15) is 5.26 Å². The number of carbonyl (C=O) groups excluding carboxylic acids is 1. The topological polar surface area (TPSA) is 70.1 Å². The van der Waals surface area contributed by atoms with Crippen molar-refractivity contribution in [1.29, 1.82) is 5.26 Å². The lowest BCUT2D eigenvalue weighted by atomic mass is 9.89. The number of amides is 1. The molecule has 1 aromatic rings. The van der Waals surface area contributed by atoms with Crippen molar-refractivity contribution >= 4 is 5.91 Å². The number of nitrogens with zero attached hydrogens (tertiary/aromatic N) is 2.